The van der Waals surface area contributed by atoms with Gasteiger partial charge in [-0.15, -0.1) is 10.2 Å². The molecular weight excluding hydrogens is 442 g/mol. The van der Waals surface area contributed by atoms with Crippen molar-refractivity contribution < 1.29 is 21.6 Å². The highest BCUT2D eigenvalue weighted by molar-refractivity contribution is 7.88. The summed E-state index contributed by atoms with van der Waals surface area (Å²) in [5, 5.41) is 9.97. The van der Waals surface area contributed by atoms with Crippen molar-refractivity contribution in [1.29, 1.82) is 0 Å². The molecule has 3 aromatic rings. The molecule has 32 heavy (non-hydrogen) atoms. The average Bonchev–Trinajstić information content (AvgIpc) is 3.22. The van der Waals surface area contributed by atoms with E-state index in [0.29, 0.717) is 6.54 Å². The summed E-state index contributed by atoms with van der Waals surface area (Å²) >= 11 is 0. The lowest BCUT2D eigenvalue weighted by molar-refractivity contribution is 0.116. The number of likely N-dealkylation sites (N-methyl/N-ethyl adjacent to an activating group) is 1. The van der Waals surface area contributed by atoms with Crippen LogP contribution in [0.15, 0.2) is 41.1 Å². The smallest absolute Gasteiger partial charge is 0.314 e. The van der Waals surface area contributed by atoms with E-state index in [1.165, 1.54) is 16.7 Å². The summed E-state index contributed by atoms with van der Waals surface area (Å²) < 4.78 is 55.6. The number of nitrogens with zero attached hydrogens (tertiary/aromatic N) is 5. The topological polar surface area (TPSA) is 114 Å². The van der Waals surface area contributed by atoms with Gasteiger partial charge in [-0.25, -0.2) is 22.7 Å². The Hall–Kier alpha value is -2.99. The van der Waals surface area contributed by atoms with E-state index >= 15 is 0 Å². The SMILES string of the molecule is C.CCN(CC(Nc1ncc(-c2nnc(C(F)F)o2)cn1)c1ccc(C)cc1)S(C)(=O)=O. The molecular formula is C20H26F2N6O3S. The maximum Gasteiger partial charge on any atom is 0.314 e. The fourth-order valence-corrected chi connectivity index (χ4v) is 3.73. The molecule has 0 saturated carbocycles. The van der Waals surface area contributed by atoms with Gasteiger partial charge >= 0.3 is 6.43 Å². The van der Waals surface area contributed by atoms with Gasteiger partial charge in [0.15, 0.2) is 0 Å². The number of hydrogen-bond donors (Lipinski definition) is 1. The first kappa shape index (κ1) is 25.3. The number of aryl methyl sites for hydroxylation is 1. The molecule has 1 atom stereocenters. The van der Waals surface area contributed by atoms with Gasteiger partial charge in [0, 0.05) is 25.5 Å². The molecule has 12 heteroatoms. The van der Waals surface area contributed by atoms with Crippen molar-refractivity contribution in [3.05, 3.63) is 53.7 Å². The minimum atomic E-state index is -3.40. The quantitative estimate of drug-likeness (QED) is 0.504. The van der Waals surface area contributed by atoms with Crippen molar-refractivity contribution in [2.24, 2.45) is 0 Å². The van der Waals surface area contributed by atoms with Crippen LogP contribution in [0.5, 0.6) is 0 Å². The van der Waals surface area contributed by atoms with Crippen molar-refractivity contribution >= 4 is 16.0 Å². The van der Waals surface area contributed by atoms with Crippen LogP contribution >= 0.6 is 0 Å². The van der Waals surface area contributed by atoms with Crippen molar-refractivity contribution in [2.45, 2.75) is 33.7 Å². The van der Waals surface area contributed by atoms with E-state index in [2.05, 4.69) is 25.5 Å². The number of halogens is 2. The van der Waals surface area contributed by atoms with Crippen LogP contribution in [0.4, 0.5) is 14.7 Å². The number of benzene rings is 1. The lowest BCUT2D eigenvalue weighted by Gasteiger charge is -2.26. The van der Waals surface area contributed by atoms with E-state index in [1.807, 2.05) is 31.2 Å². The van der Waals surface area contributed by atoms with Gasteiger partial charge < -0.3 is 9.73 Å². The number of nitrogens with one attached hydrogen (secondary N) is 1. The van der Waals surface area contributed by atoms with Crippen LogP contribution in [0.1, 0.15) is 43.8 Å². The molecule has 0 saturated heterocycles. The number of anilines is 1. The first-order valence-electron chi connectivity index (χ1n) is 9.39. The minimum absolute atomic E-state index is 0. The zero-order valence-corrected chi connectivity index (χ0v) is 18.0. The molecule has 2 aromatic heterocycles. The average molecular weight is 469 g/mol. The van der Waals surface area contributed by atoms with Crippen molar-refractivity contribution in [3.8, 4) is 11.5 Å². The number of alkyl halides is 2. The maximum absolute atomic E-state index is 12.6. The normalized spacial score (nSPS) is 12.6. The lowest BCUT2D eigenvalue weighted by Crippen LogP contribution is -2.36. The lowest BCUT2D eigenvalue weighted by atomic mass is 10.1. The van der Waals surface area contributed by atoms with Crippen LogP contribution < -0.4 is 5.32 Å². The monoisotopic (exact) mass is 468 g/mol. The summed E-state index contributed by atoms with van der Waals surface area (Å²) in [7, 11) is -3.40. The molecule has 174 valence electrons. The molecule has 0 aliphatic rings. The van der Waals surface area contributed by atoms with Gasteiger partial charge in [-0.05, 0) is 12.5 Å². The van der Waals surface area contributed by atoms with Gasteiger partial charge in [-0.2, -0.15) is 8.78 Å². The predicted molar refractivity (Wildman–Crippen MR) is 117 cm³/mol. The molecule has 1 unspecified atom stereocenters. The number of hydrogen-bond acceptors (Lipinski definition) is 8. The molecule has 0 bridgehead atoms. The third kappa shape index (κ3) is 6.26. The second-order valence-corrected chi connectivity index (χ2v) is 8.85. The summed E-state index contributed by atoms with van der Waals surface area (Å²) in [6, 6.07) is 7.25. The Balaban J connectivity index is 0.00000363. The molecule has 0 fully saturated rings. The van der Waals surface area contributed by atoms with Crippen LogP contribution in [0.25, 0.3) is 11.5 Å². The molecule has 2 heterocycles. The van der Waals surface area contributed by atoms with Crippen LogP contribution in [-0.4, -0.2) is 52.2 Å². The molecule has 3 rings (SSSR count). The minimum Gasteiger partial charge on any atom is -0.415 e. The van der Waals surface area contributed by atoms with E-state index in [1.54, 1.807) is 6.92 Å². The Bertz CT molecular complexity index is 1110. The van der Waals surface area contributed by atoms with Gasteiger partial charge in [0.2, 0.25) is 16.0 Å². The molecule has 1 N–H and O–H groups in total. The summed E-state index contributed by atoms with van der Waals surface area (Å²) in [5.74, 6) is -0.671. The van der Waals surface area contributed by atoms with Crippen LogP contribution in [0.3, 0.4) is 0 Å². The van der Waals surface area contributed by atoms with Gasteiger partial charge in [0.05, 0.1) is 17.9 Å². The van der Waals surface area contributed by atoms with Crippen LogP contribution in [0, 0.1) is 6.92 Å². The molecule has 1 aromatic carbocycles. The van der Waals surface area contributed by atoms with E-state index in [4.69, 9.17) is 4.42 Å². The fourth-order valence-electron chi connectivity index (χ4n) is 2.84. The van der Waals surface area contributed by atoms with Crippen molar-refractivity contribution in [3.63, 3.8) is 0 Å². The van der Waals surface area contributed by atoms with Crippen LogP contribution in [-0.2, 0) is 10.0 Å². The molecule has 9 nitrogen and oxygen atoms in total. The van der Waals surface area contributed by atoms with Crippen molar-refractivity contribution in [1.82, 2.24) is 24.5 Å². The van der Waals surface area contributed by atoms with E-state index in [9.17, 15) is 17.2 Å². The van der Waals surface area contributed by atoms with Crippen LogP contribution in [0.2, 0.25) is 0 Å². The Morgan fingerprint density at radius 1 is 1.12 bits per heavy atom. The Labute approximate surface area is 186 Å². The summed E-state index contributed by atoms with van der Waals surface area (Å²) in [6.45, 7) is 4.20. The zero-order chi connectivity index (χ0) is 22.6. The zero-order valence-electron chi connectivity index (χ0n) is 17.2. The maximum atomic E-state index is 12.6. The summed E-state index contributed by atoms with van der Waals surface area (Å²) in [4.78, 5) is 8.36. The Morgan fingerprint density at radius 3 is 2.25 bits per heavy atom. The second-order valence-electron chi connectivity index (χ2n) is 6.86. The molecule has 0 radical (unpaired) electrons. The van der Waals surface area contributed by atoms with E-state index < -0.39 is 28.4 Å². The highest BCUT2D eigenvalue weighted by atomic mass is 32.2. The number of aromatic nitrogens is 4. The Morgan fingerprint density at radius 2 is 1.75 bits per heavy atom. The first-order chi connectivity index (χ1) is 14.7. The summed E-state index contributed by atoms with van der Waals surface area (Å²) in [6.07, 6.45) is 1.01. The van der Waals surface area contributed by atoms with E-state index in [0.717, 1.165) is 17.4 Å². The molecule has 0 spiro atoms. The molecule has 0 amide bonds. The molecule has 0 aliphatic heterocycles. The standard InChI is InChI=1S/C19H22F2N6O3S.CH4/c1-4-27(31(3,28)29)11-15(13-7-5-12(2)6-8-13)24-19-22-9-14(10-23-19)17-25-26-18(30-17)16(20)21;/h5-10,15-16H,4,11H2,1-3H3,(H,22,23,24);1H4. The number of rotatable bonds is 9. The molecule has 0 aliphatic carbocycles. The van der Waals surface area contributed by atoms with E-state index in [-0.39, 0.29) is 31.4 Å². The van der Waals surface area contributed by atoms with Gasteiger partial charge in [0.1, 0.15) is 0 Å². The Kier molecular flexibility index (Phi) is 8.33. The summed E-state index contributed by atoms with van der Waals surface area (Å²) in [5.41, 5.74) is 2.21. The third-order valence-corrected chi connectivity index (χ3v) is 5.86. The highest BCUT2D eigenvalue weighted by Gasteiger charge is 2.22. The highest BCUT2D eigenvalue weighted by Crippen LogP contribution is 2.24. The van der Waals surface area contributed by atoms with Crippen molar-refractivity contribution in [2.75, 3.05) is 24.7 Å². The number of sulfonamides is 1. The fraction of sp³-hybridized carbons (Fsp3) is 0.400. The second kappa shape index (κ2) is 10.6. The van der Waals surface area contributed by atoms with Gasteiger partial charge in [-0.1, -0.05) is 44.2 Å². The van der Waals surface area contributed by atoms with Gasteiger partial charge in [-0.3, -0.25) is 0 Å². The first-order valence-corrected chi connectivity index (χ1v) is 11.2. The predicted octanol–water partition coefficient (Wildman–Crippen LogP) is 3.84. The third-order valence-electron chi connectivity index (χ3n) is 4.52. The van der Waals surface area contributed by atoms with Gasteiger partial charge in [0.25, 0.3) is 11.8 Å². The largest absolute Gasteiger partial charge is 0.415 e.